The minimum atomic E-state index is -0.173. The second-order valence-electron chi connectivity index (χ2n) is 7.42. The number of carbonyl (C=O) groups excluding carboxylic acids is 2. The molecule has 4 rings (SSSR count). The maximum absolute atomic E-state index is 13.2. The summed E-state index contributed by atoms with van der Waals surface area (Å²) in [5.74, 6) is -0.320. The highest BCUT2D eigenvalue weighted by Crippen LogP contribution is 2.41. The van der Waals surface area contributed by atoms with Crippen molar-refractivity contribution in [2.75, 3.05) is 37.6 Å². The smallest absolute Gasteiger partial charge is 0.265 e. The SMILES string of the molecule is O=C(CN1C(=O)C(=Cc2cccc(Cl)c2)Sc2ccccc21)NCCN1CCCC1. The molecule has 0 aliphatic carbocycles. The van der Waals surface area contributed by atoms with Crippen molar-refractivity contribution in [2.24, 2.45) is 0 Å². The molecule has 156 valence electrons. The van der Waals surface area contributed by atoms with Crippen LogP contribution >= 0.6 is 23.4 Å². The van der Waals surface area contributed by atoms with Gasteiger partial charge in [0.25, 0.3) is 5.91 Å². The third-order valence-corrected chi connectivity index (χ3v) is 6.54. The van der Waals surface area contributed by atoms with Gasteiger partial charge in [-0.3, -0.25) is 14.5 Å². The van der Waals surface area contributed by atoms with Crippen LogP contribution in [0.3, 0.4) is 0 Å². The standard InChI is InChI=1S/C23H24ClN3O2S/c24-18-7-5-6-17(14-18)15-21-23(29)27(19-8-1-2-9-20(19)30-21)16-22(28)25-10-13-26-11-3-4-12-26/h1-2,5-9,14-15H,3-4,10-13,16H2,(H,25,28). The third-order valence-electron chi connectivity index (χ3n) is 5.23. The van der Waals surface area contributed by atoms with Gasteiger partial charge in [-0.1, -0.05) is 47.6 Å². The Morgan fingerprint density at radius 1 is 1.13 bits per heavy atom. The van der Waals surface area contributed by atoms with E-state index >= 15 is 0 Å². The van der Waals surface area contributed by atoms with Gasteiger partial charge in [0.05, 0.1) is 10.6 Å². The zero-order chi connectivity index (χ0) is 20.9. The molecule has 2 heterocycles. The minimum Gasteiger partial charge on any atom is -0.353 e. The average molecular weight is 442 g/mol. The number of nitrogens with one attached hydrogen (secondary N) is 1. The molecular formula is C23H24ClN3O2S. The zero-order valence-corrected chi connectivity index (χ0v) is 18.2. The number of likely N-dealkylation sites (tertiary alicyclic amines) is 1. The molecule has 2 aliphatic heterocycles. The fourth-order valence-corrected chi connectivity index (χ4v) is 4.98. The Kier molecular flexibility index (Phi) is 6.77. The Hall–Kier alpha value is -2.28. The minimum absolute atomic E-state index is 0.00327. The summed E-state index contributed by atoms with van der Waals surface area (Å²) in [7, 11) is 0. The number of carbonyl (C=O) groups is 2. The maximum Gasteiger partial charge on any atom is 0.265 e. The van der Waals surface area contributed by atoms with Gasteiger partial charge in [-0.05, 0) is 61.8 Å². The van der Waals surface area contributed by atoms with Crippen LogP contribution in [0, 0.1) is 0 Å². The van der Waals surface area contributed by atoms with E-state index in [4.69, 9.17) is 11.6 Å². The Balaban J connectivity index is 1.49. The molecule has 0 saturated carbocycles. The second-order valence-corrected chi connectivity index (χ2v) is 8.94. The van der Waals surface area contributed by atoms with Crippen LogP contribution < -0.4 is 10.2 Å². The van der Waals surface area contributed by atoms with Crippen LogP contribution in [0.4, 0.5) is 5.69 Å². The van der Waals surface area contributed by atoms with Crippen molar-refractivity contribution in [2.45, 2.75) is 17.7 Å². The van der Waals surface area contributed by atoms with Crippen LogP contribution in [0.2, 0.25) is 5.02 Å². The summed E-state index contributed by atoms with van der Waals surface area (Å²) in [6.07, 6.45) is 4.28. The van der Waals surface area contributed by atoms with Crippen LogP contribution in [0.15, 0.2) is 58.3 Å². The lowest BCUT2D eigenvalue weighted by atomic mass is 10.2. The van der Waals surface area contributed by atoms with Crippen molar-refractivity contribution in [1.82, 2.24) is 10.2 Å². The van der Waals surface area contributed by atoms with E-state index in [1.165, 1.54) is 24.6 Å². The van der Waals surface area contributed by atoms with Crippen LogP contribution in [-0.4, -0.2) is 49.4 Å². The van der Waals surface area contributed by atoms with E-state index in [1.54, 1.807) is 11.0 Å². The first-order valence-corrected chi connectivity index (χ1v) is 11.3. The molecule has 2 amide bonds. The lowest BCUT2D eigenvalue weighted by Crippen LogP contribution is -2.44. The Morgan fingerprint density at radius 3 is 2.73 bits per heavy atom. The number of hydrogen-bond donors (Lipinski definition) is 1. The third kappa shape index (κ3) is 5.06. The Labute approximate surface area is 186 Å². The zero-order valence-electron chi connectivity index (χ0n) is 16.6. The molecule has 7 heteroatoms. The first-order chi connectivity index (χ1) is 14.6. The number of hydrogen-bond acceptors (Lipinski definition) is 4. The van der Waals surface area contributed by atoms with Crippen LogP contribution in [0.25, 0.3) is 6.08 Å². The number of para-hydroxylation sites is 1. The summed E-state index contributed by atoms with van der Waals surface area (Å²) >= 11 is 7.51. The Bertz CT molecular complexity index is 972. The molecule has 1 fully saturated rings. The number of anilines is 1. The van der Waals surface area contributed by atoms with E-state index in [0.717, 1.165) is 35.8 Å². The molecule has 0 aromatic heterocycles. The fourth-order valence-electron chi connectivity index (χ4n) is 3.73. The highest BCUT2D eigenvalue weighted by Gasteiger charge is 2.30. The van der Waals surface area contributed by atoms with Gasteiger partial charge in [-0.15, -0.1) is 0 Å². The quantitative estimate of drug-likeness (QED) is 0.687. The van der Waals surface area contributed by atoms with Crippen LogP contribution in [-0.2, 0) is 9.59 Å². The van der Waals surface area contributed by atoms with Gasteiger partial charge in [0.15, 0.2) is 0 Å². The van der Waals surface area contributed by atoms with Gasteiger partial charge in [-0.25, -0.2) is 0 Å². The average Bonchev–Trinajstić information content (AvgIpc) is 3.25. The number of halogens is 1. The number of rotatable bonds is 6. The second kappa shape index (κ2) is 9.69. The van der Waals surface area contributed by atoms with Gasteiger partial charge in [-0.2, -0.15) is 0 Å². The molecule has 2 aromatic carbocycles. The van der Waals surface area contributed by atoms with Crippen LogP contribution in [0.5, 0.6) is 0 Å². The highest BCUT2D eigenvalue weighted by molar-refractivity contribution is 8.04. The van der Waals surface area contributed by atoms with E-state index in [0.29, 0.717) is 16.5 Å². The molecule has 0 unspecified atom stereocenters. The molecule has 1 N–H and O–H groups in total. The predicted molar refractivity (Wildman–Crippen MR) is 123 cm³/mol. The molecule has 2 aliphatic rings. The van der Waals surface area contributed by atoms with Crippen molar-refractivity contribution >= 4 is 46.9 Å². The van der Waals surface area contributed by atoms with E-state index < -0.39 is 0 Å². The van der Waals surface area contributed by atoms with Crippen molar-refractivity contribution in [3.63, 3.8) is 0 Å². The maximum atomic E-state index is 13.2. The van der Waals surface area contributed by atoms with Gasteiger partial charge >= 0.3 is 0 Å². The topological polar surface area (TPSA) is 52.7 Å². The number of nitrogens with zero attached hydrogens (tertiary/aromatic N) is 2. The lowest BCUT2D eigenvalue weighted by Gasteiger charge is -2.30. The van der Waals surface area contributed by atoms with Crippen molar-refractivity contribution in [3.05, 3.63) is 64.0 Å². The van der Waals surface area contributed by atoms with Gasteiger partial charge in [0.1, 0.15) is 6.54 Å². The number of benzene rings is 2. The molecule has 0 spiro atoms. The molecule has 2 aromatic rings. The normalized spacial score (nSPS) is 18.0. The van der Waals surface area contributed by atoms with E-state index in [2.05, 4.69) is 10.2 Å². The van der Waals surface area contributed by atoms with Gasteiger partial charge in [0, 0.05) is 23.0 Å². The largest absolute Gasteiger partial charge is 0.353 e. The number of fused-ring (bicyclic) bond motifs is 1. The summed E-state index contributed by atoms with van der Waals surface area (Å²) in [6, 6.07) is 15.1. The summed E-state index contributed by atoms with van der Waals surface area (Å²) in [4.78, 5) is 31.2. The molecule has 0 bridgehead atoms. The molecule has 0 radical (unpaired) electrons. The van der Waals surface area contributed by atoms with Crippen LogP contribution in [0.1, 0.15) is 18.4 Å². The van der Waals surface area contributed by atoms with Crippen molar-refractivity contribution in [1.29, 1.82) is 0 Å². The molecule has 5 nitrogen and oxygen atoms in total. The van der Waals surface area contributed by atoms with E-state index in [-0.39, 0.29) is 18.4 Å². The summed E-state index contributed by atoms with van der Waals surface area (Å²) in [6.45, 7) is 3.66. The van der Waals surface area contributed by atoms with Crippen molar-refractivity contribution in [3.8, 4) is 0 Å². The summed E-state index contributed by atoms with van der Waals surface area (Å²) in [5, 5.41) is 3.58. The van der Waals surface area contributed by atoms with E-state index in [9.17, 15) is 9.59 Å². The molecule has 1 saturated heterocycles. The first-order valence-electron chi connectivity index (χ1n) is 10.2. The predicted octanol–water partition coefficient (Wildman–Crippen LogP) is 4.03. The first kappa shape index (κ1) is 21.0. The lowest BCUT2D eigenvalue weighted by molar-refractivity contribution is -0.122. The Morgan fingerprint density at radius 2 is 1.93 bits per heavy atom. The monoisotopic (exact) mass is 441 g/mol. The van der Waals surface area contributed by atoms with Crippen molar-refractivity contribution < 1.29 is 9.59 Å². The molecular weight excluding hydrogens is 418 g/mol. The fraction of sp³-hybridized carbons (Fsp3) is 0.304. The van der Waals surface area contributed by atoms with Gasteiger partial charge in [0.2, 0.25) is 5.91 Å². The highest BCUT2D eigenvalue weighted by atomic mass is 35.5. The van der Waals surface area contributed by atoms with Gasteiger partial charge < -0.3 is 10.2 Å². The number of amides is 2. The number of thioether (sulfide) groups is 1. The molecule has 30 heavy (non-hydrogen) atoms. The summed E-state index contributed by atoms with van der Waals surface area (Å²) in [5.41, 5.74) is 1.62. The molecule has 0 atom stereocenters. The van der Waals surface area contributed by atoms with E-state index in [1.807, 2.05) is 48.5 Å². The summed E-state index contributed by atoms with van der Waals surface area (Å²) < 4.78 is 0.